The number of hydrogen-bond donors (Lipinski definition) is 0. The molecule has 0 aliphatic heterocycles. The second-order valence-electron chi connectivity index (χ2n) is 4.03. The summed E-state index contributed by atoms with van der Waals surface area (Å²) >= 11 is 6.38. The van der Waals surface area contributed by atoms with Crippen molar-refractivity contribution in [1.82, 2.24) is 4.98 Å². The first-order chi connectivity index (χ1) is 8.18. The van der Waals surface area contributed by atoms with Crippen molar-refractivity contribution in [1.29, 1.82) is 0 Å². The molecule has 0 fully saturated rings. The number of hydrogen-bond acceptors (Lipinski definition) is 1. The Bertz CT molecular complexity index is 487. The van der Waals surface area contributed by atoms with Crippen LogP contribution >= 0.6 is 11.6 Å². The average Bonchev–Trinajstić information content (AvgIpc) is 2.38. The second-order valence-corrected chi connectivity index (χ2v) is 4.50. The number of benzene rings is 1. The molecule has 0 amide bonds. The summed E-state index contributed by atoms with van der Waals surface area (Å²) in [5.41, 5.74) is 1.90. The predicted octanol–water partition coefficient (Wildman–Crippen LogP) is 4.30. The van der Waals surface area contributed by atoms with Crippen molar-refractivity contribution >= 4 is 11.6 Å². The fourth-order valence-corrected chi connectivity index (χ4v) is 2.08. The molecule has 0 radical (unpaired) electrons. The van der Waals surface area contributed by atoms with E-state index in [2.05, 4.69) is 4.98 Å². The molecule has 0 bridgehead atoms. The van der Waals surface area contributed by atoms with E-state index in [1.807, 2.05) is 25.1 Å². The zero-order chi connectivity index (χ0) is 12.3. The molecular weight excluding hydrogens is 237 g/mol. The summed E-state index contributed by atoms with van der Waals surface area (Å²) < 4.78 is 13.1. The van der Waals surface area contributed by atoms with Gasteiger partial charge in [0.25, 0.3) is 0 Å². The van der Waals surface area contributed by atoms with Crippen molar-refractivity contribution in [2.45, 2.75) is 18.2 Å². The van der Waals surface area contributed by atoms with Crippen LogP contribution in [0.1, 0.15) is 29.3 Å². The van der Waals surface area contributed by atoms with Crippen molar-refractivity contribution in [2.24, 2.45) is 0 Å². The molecule has 0 saturated carbocycles. The maximum absolute atomic E-state index is 13.1. The zero-order valence-electron chi connectivity index (χ0n) is 9.48. The normalized spacial score (nSPS) is 14.3. The third-order valence-corrected chi connectivity index (χ3v) is 3.47. The molecule has 17 heavy (non-hydrogen) atoms. The van der Waals surface area contributed by atoms with E-state index in [1.54, 1.807) is 18.5 Å². The van der Waals surface area contributed by atoms with Gasteiger partial charge in [-0.15, -0.1) is 11.6 Å². The summed E-state index contributed by atoms with van der Waals surface area (Å²) in [7, 11) is 0. The number of alkyl halides is 1. The van der Waals surface area contributed by atoms with Crippen LogP contribution in [0.2, 0.25) is 0 Å². The monoisotopic (exact) mass is 249 g/mol. The average molecular weight is 250 g/mol. The molecule has 3 heteroatoms. The van der Waals surface area contributed by atoms with Gasteiger partial charge in [0.15, 0.2) is 0 Å². The lowest BCUT2D eigenvalue weighted by Gasteiger charge is -2.18. The lowest BCUT2D eigenvalue weighted by Crippen LogP contribution is -2.03. The molecule has 2 atom stereocenters. The highest BCUT2D eigenvalue weighted by Gasteiger charge is 2.18. The first kappa shape index (κ1) is 12.1. The fourth-order valence-electron chi connectivity index (χ4n) is 1.80. The standard InChI is InChI=1S/C14H13ClFN/c1-10(11-5-7-17-8-6-11)14(15)12-3-2-4-13(16)9-12/h2-10,14H,1H3. The van der Waals surface area contributed by atoms with Gasteiger partial charge in [-0.25, -0.2) is 4.39 Å². The molecule has 2 rings (SSSR count). The molecule has 1 nitrogen and oxygen atoms in total. The molecule has 0 N–H and O–H groups in total. The van der Waals surface area contributed by atoms with Crippen molar-refractivity contribution in [2.75, 3.05) is 0 Å². The Labute approximate surface area is 105 Å². The SMILES string of the molecule is CC(c1ccncc1)C(Cl)c1cccc(F)c1. The molecule has 0 spiro atoms. The minimum Gasteiger partial charge on any atom is -0.265 e. The highest BCUT2D eigenvalue weighted by atomic mass is 35.5. The quantitative estimate of drug-likeness (QED) is 0.739. The van der Waals surface area contributed by atoms with E-state index in [-0.39, 0.29) is 17.1 Å². The van der Waals surface area contributed by atoms with Gasteiger partial charge in [0.05, 0.1) is 5.38 Å². The van der Waals surface area contributed by atoms with Crippen LogP contribution in [-0.2, 0) is 0 Å². The Morgan fingerprint density at radius 3 is 2.47 bits per heavy atom. The molecule has 0 saturated heterocycles. The van der Waals surface area contributed by atoms with Crippen LogP contribution in [0.15, 0.2) is 48.8 Å². The zero-order valence-corrected chi connectivity index (χ0v) is 10.2. The molecular formula is C14H13ClFN. The van der Waals surface area contributed by atoms with Gasteiger partial charge < -0.3 is 0 Å². The lowest BCUT2D eigenvalue weighted by atomic mass is 9.94. The Balaban J connectivity index is 2.23. The predicted molar refractivity (Wildman–Crippen MR) is 67.6 cm³/mol. The lowest BCUT2D eigenvalue weighted by molar-refractivity contribution is 0.621. The summed E-state index contributed by atoms with van der Waals surface area (Å²) in [5, 5.41) is -0.243. The molecule has 88 valence electrons. The highest BCUT2D eigenvalue weighted by Crippen LogP contribution is 2.35. The number of aromatic nitrogens is 1. The van der Waals surface area contributed by atoms with Crippen LogP contribution in [0, 0.1) is 5.82 Å². The van der Waals surface area contributed by atoms with Crippen molar-refractivity contribution in [3.05, 3.63) is 65.7 Å². The largest absolute Gasteiger partial charge is 0.265 e. The summed E-state index contributed by atoms with van der Waals surface area (Å²) in [6.45, 7) is 2.03. The van der Waals surface area contributed by atoms with Crippen LogP contribution < -0.4 is 0 Å². The van der Waals surface area contributed by atoms with E-state index in [1.165, 1.54) is 12.1 Å². The molecule has 2 aromatic rings. The van der Waals surface area contributed by atoms with Crippen molar-refractivity contribution in [3.8, 4) is 0 Å². The van der Waals surface area contributed by atoms with Gasteiger partial charge in [-0.1, -0.05) is 19.1 Å². The Morgan fingerprint density at radius 2 is 1.82 bits per heavy atom. The van der Waals surface area contributed by atoms with Gasteiger partial charge in [-0.3, -0.25) is 4.98 Å². The third kappa shape index (κ3) is 2.83. The van der Waals surface area contributed by atoms with Gasteiger partial charge >= 0.3 is 0 Å². The summed E-state index contributed by atoms with van der Waals surface area (Å²) in [5.74, 6) is -0.142. The van der Waals surface area contributed by atoms with E-state index < -0.39 is 0 Å². The van der Waals surface area contributed by atoms with Crippen molar-refractivity contribution in [3.63, 3.8) is 0 Å². The molecule has 0 aliphatic carbocycles. The van der Waals surface area contributed by atoms with Gasteiger partial charge in [-0.2, -0.15) is 0 Å². The number of rotatable bonds is 3. The maximum Gasteiger partial charge on any atom is 0.123 e. The minimum atomic E-state index is -0.255. The van der Waals surface area contributed by atoms with E-state index in [0.717, 1.165) is 11.1 Å². The van der Waals surface area contributed by atoms with Crippen LogP contribution in [0.5, 0.6) is 0 Å². The minimum absolute atomic E-state index is 0.112. The Kier molecular flexibility index (Phi) is 3.75. The Morgan fingerprint density at radius 1 is 1.12 bits per heavy atom. The number of nitrogens with zero attached hydrogens (tertiary/aromatic N) is 1. The van der Waals surface area contributed by atoms with E-state index in [0.29, 0.717) is 0 Å². The van der Waals surface area contributed by atoms with E-state index in [9.17, 15) is 4.39 Å². The van der Waals surface area contributed by atoms with Crippen LogP contribution in [0.3, 0.4) is 0 Å². The topological polar surface area (TPSA) is 12.9 Å². The summed E-state index contributed by atoms with van der Waals surface area (Å²) in [4.78, 5) is 3.97. The van der Waals surface area contributed by atoms with Gasteiger partial charge in [0.2, 0.25) is 0 Å². The molecule has 1 aromatic heterocycles. The maximum atomic E-state index is 13.1. The smallest absolute Gasteiger partial charge is 0.123 e. The van der Waals surface area contributed by atoms with Crippen LogP contribution in [-0.4, -0.2) is 4.98 Å². The number of pyridine rings is 1. The Hall–Kier alpha value is -1.41. The summed E-state index contributed by atoms with van der Waals surface area (Å²) in [6.07, 6.45) is 3.47. The number of halogens is 2. The van der Waals surface area contributed by atoms with Crippen LogP contribution in [0.25, 0.3) is 0 Å². The molecule has 1 heterocycles. The van der Waals surface area contributed by atoms with E-state index >= 15 is 0 Å². The van der Waals surface area contributed by atoms with E-state index in [4.69, 9.17) is 11.6 Å². The molecule has 2 unspecified atom stereocenters. The van der Waals surface area contributed by atoms with Gasteiger partial charge in [0.1, 0.15) is 5.82 Å². The van der Waals surface area contributed by atoms with Crippen LogP contribution in [0.4, 0.5) is 4.39 Å². The molecule has 1 aromatic carbocycles. The fraction of sp³-hybridized carbons (Fsp3) is 0.214. The summed E-state index contributed by atoms with van der Waals surface area (Å²) in [6, 6.07) is 10.3. The third-order valence-electron chi connectivity index (χ3n) is 2.84. The molecule has 0 aliphatic rings. The first-order valence-corrected chi connectivity index (χ1v) is 5.91. The highest BCUT2D eigenvalue weighted by molar-refractivity contribution is 6.21. The second kappa shape index (κ2) is 5.28. The van der Waals surface area contributed by atoms with Gasteiger partial charge in [-0.05, 0) is 35.4 Å². The van der Waals surface area contributed by atoms with Crippen molar-refractivity contribution < 1.29 is 4.39 Å². The van der Waals surface area contributed by atoms with Gasteiger partial charge in [0, 0.05) is 18.3 Å². The first-order valence-electron chi connectivity index (χ1n) is 5.48.